The van der Waals surface area contributed by atoms with Gasteiger partial charge in [-0.3, -0.25) is 4.79 Å². The van der Waals surface area contributed by atoms with Crippen molar-refractivity contribution >= 4 is 11.7 Å². The van der Waals surface area contributed by atoms with Crippen LogP contribution in [0, 0.1) is 13.8 Å². The Morgan fingerprint density at radius 1 is 1.09 bits per heavy atom. The van der Waals surface area contributed by atoms with Gasteiger partial charge in [0.1, 0.15) is 23.6 Å². The third-order valence-electron chi connectivity index (χ3n) is 5.35. The van der Waals surface area contributed by atoms with Crippen molar-refractivity contribution in [3.05, 3.63) is 65.7 Å². The number of fused-ring (bicyclic) bond motifs is 5. The summed E-state index contributed by atoms with van der Waals surface area (Å²) in [5.74, 6) is 1.34. The summed E-state index contributed by atoms with van der Waals surface area (Å²) in [5, 5.41) is 15.7. The minimum Gasteiger partial charge on any atom is -0.493 e. The van der Waals surface area contributed by atoms with E-state index in [1.807, 2.05) is 53.4 Å². The number of carbonyl (C=O) groups excluding carboxylic acids is 1. The number of aromatic nitrogens is 6. The van der Waals surface area contributed by atoms with Crippen molar-refractivity contribution in [2.24, 2.45) is 0 Å². The number of rotatable bonds is 1. The normalized spacial score (nSPS) is 14.0. The monoisotopic (exact) mass is 429 g/mol. The molecule has 3 aromatic heterocycles. The molecule has 0 unspecified atom stereocenters. The zero-order chi connectivity index (χ0) is 22.1. The van der Waals surface area contributed by atoms with Crippen LogP contribution in [0.5, 0.6) is 5.75 Å². The molecule has 9 heteroatoms. The van der Waals surface area contributed by atoms with Crippen molar-refractivity contribution in [1.82, 2.24) is 29.5 Å². The lowest BCUT2D eigenvalue weighted by Gasteiger charge is -2.15. The Labute approximate surface area is 185 Å². The highest BCUT2D eigenvalue weighted by atomic mass is 16.5. The Morgan fingerprint density at radius 2 is 2.00 bits per heavy atom. The van der Waals surface area contributed by atoms with E-state index in [0.29, 0.717) is 35.3 Å². The molecule has 1 N–H and O–H groups in total. The van der Waals surface area contributed by atoms with Crippen LogP contribution in [0.1, 0.15) is 34.6 Å². The molecule has 0 atom stereocenters. The second kappa shape index (κ2) is 8.26. The fraction of sp³-hybridized carbons (Fsp3) is 0.261. The molecule has 0 spiro atoms. The van der Waals surface area contributed by atoms with E-state index in [2.05, 4.69) is 25.6 Å². The molecule has 162 valence electrons. The van der Waals surface area contributed by atoms with Gasteiger partial charge in [0.15, 0.2) is 5.82 Å². The van der Waals surface area contributed by atoms with Gasteiger partial charge in [-0.2, -0.15) is 5.10 Å². The first-order valence-corrected chi connectivity index (χ1v) is 10.6. The van der Waals surface area contributed by atoms with Crippen molar-refractivity contribution in [3.63, 3.8) is 0 Å². The average molecular weight is 429 g/mol. The molecule has 1 aromatic carbocycles. The van der Waals surface area contributed by atoms with E-state index in [1.54, 1.807) is 18.5 Å². The van der Waals surface area contributed by atoms with Gasteiger partial charge in [-0.15, -0.1) is 10.2 Å². The van der Waals surface area contributed by atoms with Gasteiger partial charge < -0.3 is 14.6 Å². The molecule has 0 radical (unpaired) electrons. The third kappa shape index (κ3) is 3.84. The molecule has 0 saturated heterocycles. The summed E-state index contributed by atoms with van der Waals surface area (Å²) < 4.78 is 9.79. The fourth-order valence-corrected chi connectivity index (χ4v) is 3.84. The quantitative estimate of drug-likeness (QED) is 0.497. The van der Waals surface area contributed by atoms with Gasteiger partial charge in [0.2, 0.25) is 0 Å². The highest BCUT2D eigenvalue weighted by Gasteiger charge is 2.18. The number of pyridine rings is 1. The van der Waals surface area contributed by atoms with E-state index in [0.717, 1.165) is 36.5 Å². The maximum Gasteiger partial charge on any atom is 0.260 e. The number of benzene rings is 1. The van der Waals surface area contributed by atoms with Crippen LogP contribution in [0.4, 0.5) is 5.82 Å². The van der Waals surface area contributed by atoms with E-state index in [-0.39, 0.29) is 5.91 Å². The van der Waals surface area contributed by atoms with Gasteiger partial charge >= 0.3 is 0 Å². The molecular formula is C23H23N7O2. The maximum absolute atomic E-state index is 13.3. The van der Waals surface area contributed by atoms with Crippen LogP contribution in [0.25, 0.3) is 17.2 Å². The number of carbonyl (C=O) groups is 1. The minimum absolute atomic E-state index is 0.299. The molecule has 9 nitrogen and oxygen atoms in total. The van der Waals surface area contributed by atoms with Gasteiger partial charge in [0.05, 0.1) is 23.6 Å². The number of aryl methyl sites for hydroxylation is 3. The summed E-state index contributed by atoms with van der Waals surface area (Å²) >= 11 is 0. The predicted molar refractivity (Wildman–Crippen MR) is 119 cm³/mol. The summed E-state index contributed by atoms with van der Waals surface area (Å²) in [6.07, 6.45) is 3.41. The molecule has 32 heavy (non-hydrogen) atoms. The first kappa shape index (κ1) is 19.9. The second-order valence-corrected chi connectivity index (χ2v) is 7.79. The van der Waals surface area contributed by atoms with Crippen molar-refractivity contribution in [2.75, 3.05) is 11.9 Å². The predicted octanol–water partition coefficient (Wildman–Crippen LogP) is 3.57. The van der Waals surface area contributed by atoms with Crippen molar-refractivity contribution in [2.45, 2.75) is 33.2 Å². The minimum atomic E-state index is -0.299. The lowest BCUT2D eigenvalue weighted by molar-refractivity contribution is 0.102. The summed E-state index contributed by atoms with van der Waals surface area (Å²) in [4.78, 5) is 17.8. The molecular weight excluding hydrogens is 406 g/mol. The molecule has 1 aliphatic rings. The van der Waals surface area contributed by atoms with Gasteiger partial charge in [0, 0.05) is 12.2 Å². The van der Waals surface area contributed by atoms with Crippen LogP contribution in [0.15, 0.2) is 48.8 Å². The molecule has 0 saturated carbocycles. The van der Waals surface area contributed by atoms with Crippen LogP contribution >= 0.6 is 0 Å². The molecule has 0 aliphatic carbocycles. The Balaban J connectivity index is 1.55. The maximum atomic E-state index is 13.3. The number of nitrogens with zero attached hydrogens (tertiary/aromatic N) is 6. The summed E-state index contributed by atoms with van der Waals surface area (Å²) in [5.41, 5.74) is 3.79. The molecule has 4 heterocycles. The van der Waals surface area contributed by atoms with E-state index in [4.69, 9.17) is 4.74 Å². The van der Waals surface area contributed by atoms with Gasteiger partial charge in [-0.25, -0.2) is 9.67 Å². The zero-order valence-corrected chi connectivity index (χ0v) is 17.9. The molecule has 4 aromatic rings. The Hall–Kier alpha value is -4.01. The van der Waals surface area contributed by atoms with E-state index >= 15 is 0 Å². The van der Waals surface area contributed by atoms with Crippen molar-refractivity contribution in [1.29, 1.82) is 0 Å². The van der Waals surface area contributed by atoms with Gasteiger partial charge in [-0.1, -0.05) is 6.07 Å². The number of hydrogen-bond acceptors (Lipinski definition) is 6. The highest BCUT2D eigenvalue weighted by molar-refractivity contribution is 6.06. The third-order valence-corrected chi connectivity index (χ3v) is 5.35. The molecule has 2 bridgehead atoms. The van der Waals surface area contributed by atoms with Crippen molar-refractivity contribution in [3.8, 4) is 23.0 Å². The topological polar surface area (TPSA) is 99.8 Å². The Kier molecular flexibility index (Phi) is 5.14. The lowest BCUT2D eigenvalue weighted by Crippen LogP contribution is -2.16. The highest BCUT2D eigenvalue weighted by Crippen LogP contribution is 2.26. The smallest absolute Gasteiger partial charge is 0.260 e. The molecule has 1 aliphatic heterocycles. The lowest BCUT2D eigenvalue weighted by atomic mass is 10.1. The SMILES string of the molecule is Cc1cc(C)n(-c2ccc3c(c2)C(=O)Nc2cccc(n2)-c2nncn2CCCCO3)n1. The van der Waals surface area contributed by atoms with E-state index in [1.165, 1.54) is 0 Å². The van der Waals surface area contributed by atoms with Gasteiger partial charge in [0.25, 0.3) is 5.91 Å². The second-order valence-electron chi connectivity index (χ2n) is 7.79. The molecule has 0 fully saturated rings. The van der Waals surface area contributed by atoms with E-state index < -0.39 is 0 Å². The number of ether oxygens (including phenoxy) is 1. The number of amides is 1. The van der Waals surface area contributed by atoms with Crippen LogP contribution in [-0.4, -0.2) is 42.0 Å². The van der Waals surface area contributed by atoms with Gasteiger partial charge in [-0.05, 0) is 63.1 Å². The summed E-state index contributed by atoms with van der Waals surface area (Å²) in [6.45, 7) is 5.18. The molecule has 5 rings (SSSR count). The fourth-order valence-electron chi connectivity index (χ4n) is 3.84. The first-order chi connectivity index (χ1) is 15.6. The standard InChI is InChI=1S/C23H23N7O2/c1-15-12-16(2)30(28-15)17-8-9-20-18(13-17)23(31)26-21-7-5-6-19(25-21)22-27-24-14-29(22)10-3-4-11-32-20/h5-9,12-14H,3-4,10-11H2,1-2H3,(H,25,26,31). The van der Waals surface area contributed by atoms with Crippen LogP contribution in [0.3, 0.4) is 0 Å². The van der Waals surface area contributed by atoms with Crippen LogP contribution in [0.2, 0.25) is 0 Å². The number of hydrogen-bond donors (Lipinski definition) is 1. The molecule has 1 amide bonds. The Bertz CT molecular complexity index is 1290. The average Bonchev–Trinajstić information content (AvgIpc) is 3.39. The first-order valence-electron chi connectivity index (χ1n) is 10.6. The van der Waals surface area contributed by atoms with Crippen LogP contribution < -0.4 is 10.1 Å². The van der Waals surface area contributed by atoms with E-state index in [9.17, 15) is 4.79 Å². The summed E-state index contributed by atoms with van der Waals surface area (Å²) in [6, 6.07) is 13.0. The Morgan fingerprint density at radius 3 is 2.84 bits per heavy atom. The largest absolute Gasteiger partial charge is 0.493 e. The number of nitrogens with one attached hydrogen (secondary N) is 1. The summed E-state index contributed by atoms with van der Waals surface area (Å²) in [7, 11) is 0. The van der Waals surface area contributed by atoms with Crippen molar-refractivity contribution < 1.29 is 9.53 Å². The number of anilines is 1. The zero-order valence-electron chi connectivity index (χ0n) is 17.9. The van der Waals surface area contributed by atoms with Crippen LogP contribution in [-0.2, 0) is 6.54 Å².